The molecule has 3 unspecified atom stereocenters. The maximum Gasteiger partial charge on any atom is 0.317 e. The van der Waals surface area contributed by atoms with E-state index >= 15 is 0 Å². The van der Waals surface area contributed by atoms with Gasteiger partial charge in [-0.3, -0.25) is 9.69 Å². The topological polar surface area (TPSA) is 50.8 Å². The van der Waals surface area contributed by atoms with E-state index in [-0.39, 0.29) is 12.0 Å². The summed E-state index contributed by atoms with van der Waals surface area (Å²) in [7, 11) is 0. The molecule has 2 aromatic rings. The van der Waals surface area contributed by atoms with Gasteiger partial charge in [0.2, 0.25) is 5.72 Å². The molecule has 4 rings (SSSR count). The molecule has 2 aliphatic rings. The predicted molar refractivity (Wildman–Crippen MR) is 111 cm³/mol. The average Bonchev–Trinajstić information content (AvgIpc) is 2.63. The monoisotopic (exact) mass is 446 g/mol. The third kappa shape index (κ3) is 2.89. The fourth-order valence-electron chi connectivity index (χ4n) is 3.91. The molecule has 2 heterocycles. The first-order chi connectivity index (χ1) is 13.0. The van der Waals surface area contributed by atoms with E-state index in [0.717, 1.165) is 21.5 Å². The number of ether oxygens (including phenoxy) is 2. The number of anilines is 1. The molecule has 1 saturated heterocycles. The maximum absolute atomic E-state index is 13.0. The van der Waals surface area contributed by atoms with Gasteiger partial charge in [-0.25, -0.2) is 0 Å². The van der Waals surface area contributed by atoms with Gasteiger partial charge < -0.3 is 14.8 Å². The summed E-state index contributed by atoms with van der Waals surface area (Å²) < 4.78 is 12.8. The average molecular weight is 447 g/mol. The molecule has 2 aromatic carbocycles. The van der Waals surface area contributed by atoms with Crippen molar-refractivity contribution in [2.75, 3.05) is 11.5 Å². The maximum atomic E-state index is 13.0. The Morgan fingerprint density at radius 2 is 2.07 bits per heavy atom. The van der Waals surface area contributed by atoms with Crippen molar-refractivity contribution >= 4 is 44.9 Å². The largest absolute Gasteiger partial charge is 0.466 e. The Kier molecular flexibility index (Phi) is 4.60. The van der Waals surface area contributed by atoms with Crippen LogP contribution in [0.15, 0.2) is 53.0 Å². The standard InChI is InChI=1S/C20H19BrN2O3S/c1-3-25-18(24)16-17-14-11-12(21)9-10-15(14)26-20(16,2)23(19(27)22-17)13-7-5-4-6-8-13/h4-11,16-17H,3H2,1-2H3,(H,22,27). The minimum Gasteiger partial charge on any atom is -0.466 e. The quantitative estimate of drug-likeness (QED) is 0.563. The van der Waals surface area contributed by atoms with Crippen LogP contribution in [0.3, 0.4) is 0 Å². The lowest BCUT2D eigenvalue weighted by Crippen LogP contribution is -2.71. The number of rotatable bonds is 3. The second-order valence-electron chi connectivity index (χ2n) is 6.67. The molecule has 1 N–H and O–H groups in total. The first-order valence-electron chi connectivity index (χ1n) is 8.76. The molecule has 140 valence electrons. The number of hydrogen-bond donors (Lipinski definition) is 1. The van der Waals surface area contributed by atoms with Crippen molar-refractivity contribution in [2.45, 2.75) is 25.6 Å². The number of nitrogens with zero attached hydrogens (tertiary/aromatic N) is 1. The molecule has 0 aliphatic carbocycles. The molecule has 2 bridgehead atoms. The fraction of sp³-hybridized carbons (Fsp3) is 0.300. The van der Waals surface area contributed by atoms with Gasteiger partial charge in [0.15, 0.2) is 5.11 Å². The number of halogens is 1. The molecule has 7 heteroatoms. The van der Waals surface area contributed by atoms with E-state index in [4.69, 9.17) is 21.7 Å². The zero-order valence-corrected chi connectivity index (χ0v) is 17.3. The summed E-state index contributed by atoms with van der Waals surface area (Å²) in [5, 5.41) is 3.86. The lowest BCUT2D eigenvalue weighted by atomic mass is 9.79. The van der Waals surface area contributed by atoms with E-state index in [1.54, 1.807) is 6.92 Å². The molecule has 2 aliphatic heterocycles. The van der Waals surface area contributed by atoms with Crippen molar-refractivity contribution in [3.8, 4) is 5.75 Å². The number of fused-ring (bicyclic) bond motifs is 4. The highest BCUT2D eigenvalue weighted by Crippen LogP contribution is 2.50. The first kappa shape index (κ1) is 18.3. The molecule has 0 saturated carbocycles. The van der Waals surface area contributed by atoms with Crippen LogP contribution in [0, 0.1) is 5.92 Å². The zero-order valence-electron chi connectivity index (χ0n) is 14.9. The number of thiocarbonyl (C=S) groups is 1. The Morgan fingerprint density at radius 1 is 1.33 bits per heavy atom. The summed E-state index contributed by atoms with van der Waals surface area (Å²) in [4.78, 5) is 14.8. The van der Waals surface area contributed by atoms with Crippen LogP contribution in [-0.4, -0.2) is 23.4 Å². The van der Waals surface area contributed by atoms with E-state index in [2.05, 4.69) is 21.2 Å². The second kappa shape index (κ2) is 6.80. The van der Waals surface area contributed by atoms with Gasteiger partial charge in [-0.1, -0.05) is 34.1 Å². The van der Waals surface area contributed by atoms with E-state index in [0.29, 0.717) is 11.7 Å². The van der Waals surface area contributed by atoms with Crippen LogP contribution in [0.1, 0.15) is 25.5 Å². The van der Waals surface area contributed by atoms with Gasteiger partial charge in [-0.15, -0.1) is 0 Å². The first-order valence-corrected chi connectivity index (χ1v) is 9.96. The van der Waals surface area contributed by atoms with Gasteiger partial charge in [0, 0.05) is 15.7 Å². The fourth-order valence-corrected chi connectivity index (χ4v) is 4.71. The molecule has 0 aromatic heterocycles. The van der Waals surface area contributed by atoms with Gasteiger partial charge in [0.1, 0.15) is 11.7 Å². The number of hydrogen-bond acceptors (Lipinski definition) is 4. The number of para-hydroxylation sites is 1. The number of benzene rings is 2. The molecule has 1 fully saturated rings. The Labute approximate surface area is 171 Å². The van der Waals surface area contributed by atoms with Gasteiger partial charge >= 0.3 is 5.97 Å². The number of esters is 1. The third-order valence-corrected chi connectivity index (χ3v) is 5.81. The predicted octanol–water partition coefficient (Wildman–Crippen LogP) is 4.17. The van der Waals surface area contributed by atoms with Gasteiger partial charge in [-0.05, 0) is 56.4 Å². The highest BCUT2D eigenvalue weighted by molar-refractivity contribution is 9.10. The minimum atomic E-state index is -1.01. The Balaban J connectivity index is 1.90. The summed E-state index contributed by atoms with van der Waals surface area (Å²) >= 11 is 9.17. The second-order valence-corrected chi connectivity index (χ2v) is 7.97. The molecule has 3 atom stereocenters. The van der Waals surface area contributed by atoms with Gasteiger partial charge in [0.25, 0.3) is 0 Å². The van der Waals surface area contributed by atoms with Crippen molar-refractivity contribution in [2.24, 2.45) is 5.92 Å². The van der Waals surface area contributed by atoms with E-state index in [1.807, 2.05) is 60.4 Å². The Bertz CT molecular complexity index is 907. The van der Waals surface area contributed by atoms with E-state index in [1.165, 1.54) is 0 Å². The number of carbonyl (C=O) groups is 1. The smallest absolute Gasteiger partial charge is 0.317 e. The SMILES string of the molecule is CCOC(=O)C1C2NC(=S)N(c3ccccc3)C1(C)Oc1ccc(Br)cc12. The van der Waals surface area contributed by atoms with Crippen molar-refractivity contribution < 1.29 is 14.3 Å². The molecule has 0 spiro atoms. The van der Waals surface area contributed by atoms with Crippen LogP contribution in [0.4, 0.5) is 5.69 Å². The summed E-state index contributed by atoms with van der Waals surface area (Å²) in [6.45, 7) is 4.00. The molecule has 27 heavy (non-hydrogen) atoms. The highest BCUT2D eigenvalue weighted by Gasteiger charge is 2.59. The van der Waals surface area contributed by atoms with Crippen LogP contribution in [0.2, 0.25) is 0 Å². The zero-order chi connectivity index (χ0) is 19.2. The summed E-state index contributed by atoms with van der Waals surface area (Å²) in [6, 6.07) is 15.2. The normalized spacial score (nSPS) is 25.9. The van der Waals surface area contributed by atoms with Crippen LogP contribution < -0.4 is 15.0 Å². The highest BCUT2D eigenvalue weighted by atomic mass is 79.9. The van der Waals surface area contributed by atoms with Crippen LogP contribution >= 0.6 is 28.1 Å². The summed E-state index contributed by atoms with van der Waals surface area (Å²) in [5.74, 6) is -0.181. The van der Waals surface area contributed by atoms with Crippen molar-refractivity contribution in [3.05, 3.63) is 58.6 Å². The lowest BCUT2D eigenvalue weighted by Gasteiger charge is -2.55. The van der Waals surface area contributed by atoms with Crippen LogP contribution in [0.5, 0.6) is 5.75 Å². The Morgan fingerprint density at radius 3 is 2.78 bits per heavy atom. The molecule has 0 radical (unpaired) electrons. The van der Waals surface area contributed by atoms with E-state index in [9.17, 15) is 4.79 Å². The van der Waals surface area contributed by atoms with E-state index < -0.39 is 11.6 Å². The van der Waals surface area contributed by atoms with Gasteiger partial charge in [-0.2, -0.15) is 0 Å². The lowest BCUT2D eigenvalue weighted by molar-refractivity contribution is -0.159. The Hall–Kier alpha value is -2.12. The third-order valence-electron chi connectivity index (χ3n) is 5.01. The molecule has 5 nitrogen and oxygen atoms in total. The molecular formula is C20H19BrN2O3S. The number of carbonyl (C=O) groups excluding carboxylic acids is 1. The van der Waals surface area contributed by atoms with Crippen LogP contribution in [0.25, 0.3) is 0 Å². The van der Waals surface area contributed by atoms with Crippen molar-refractivity contribution in [1.29, 1.82) is 0 Å². The number of nitrogens with one attached hydrogen (secondary N) is 1. The minimum absolute atomic E-state index is 0.305. The molecular weight excluding hydrogens is 428 g/mol. The summed E-state index contributed by atoms with van der Waals surface area (Å²) in [5.41, 5.74) is 0.724. The van der Waals surface area contributed by atoms with Crippen molar-refractivity contribution in [3.63, 3.8) is 0 Å². The summed E-state index contributed by atoms with van der Waals surface area (Å²) in [6.07, 6.45) is 0. The van der Waals surface area contributed by atoms with Gasteiger partial charge in [0.05, 0.1) is 12.6 Å². The molecule has 0 amide bonds. The van der Waals surface area contributed by atoms with Crippen molar-refractivity contribution in [1.82, 2.24) is 5.32 Å². The van der Waals surface area contributed by atoms with Crippen LogP contribution in [-0.2, 0) is 9.53 Å².